The van der Waals surface area contributed by atoms with Crippen molar-refractivity contribution in [2.75, 3.05) is 13.2 Å². The highest BCUT2D eigenvalue weighted by atomic mass is 16.5. The van der Waals surface area contributed by atoms with Crippen molar-refractivity contribution >= 4 is 17.7 Å². The molecule has 5 heteroatoms. The van der Waals surface area contributed by atoms with Gasteiger partial charge in [-0.3, -0.25) is 14.4 Å². The minimum Gasteiger partial charge on any atom is -0.456 e. The van der Waals surface area contributed by atoms with Gasteiger partial charge in [0.25, 0.3) is 5.91 Å². The van der Waals surface area contributed by atoms with Gasteiger partial charge >= 0.3 is 5.97 Å². The van der Waals surface area contributed by atoms with Crippen molar-refractivity contribution in [3.05, 3.63) is 70.8 Å². The predicted octanol–water partition coefficient (Wildman–Crippen LogP) is 3.43. The van der Waals surface area contributed by atoms with Crippen molar-refractivity contribution in [2.24, 2.45) is 0 Å². The zero-order valence-corrected chi connectivity index (χ0v) is 16.6. The van der Waals surface area contributed by atoms with Crippen LogP contribution in [0.2, 0.25) is 0 Å². The van der Waals surface area contributed by atoms with Gasteiger partial charge in [-0.1, -0.05) is 42.5 Å². The van der Waals surface area contributed by atoms with Crippen molar-refractivity contribution in [2.45, 2.75) is 44.9 Å². The van der Waals surface area contributed by atoms with Crippen LogP contribution in [0.25, 0.3) is 0 Å². The molecular formula is C24H27NO4. The van der Waals surface area contributed by atoms with E-state index < -0.39 is 5.97 Å². The zero-order valence-electron chi connectivity index (χ0n) is 16.6. The minimum atomic E-state index is -0.533. The number of amides is 1. The molecular weight excluding hydrogens is 366 g/mol. The molecule has 0 spiro atoms. The van der Waals surface area contributed by atoms with Crippen LogP contribution >= 0.6 is 0 Å². The number of benzene rings is 2. The number of aryl methyl sites for hydroxylation is 2. The molecule has 1 N–H and O–H groups in total. The van der Waals surface area contributed by atoms with E-state index in [4.69, 9.17) is 4.74 Å². The number of rotatable bonds is 9. The number of carbonyl (C=O) groups excluding carboxylic acids is 3. The van der Waals surface area contributed by atoms with E-state index in [1.165, 1.54) is 17.5 Å². The van der Waals surface area contributed by atoms with Gasteiger partial charge in [-0.15, -0.1) is 0 Å². The van der Waals surface area contributed by atoms with E-state index in [0.29, 0.717) is 12.1 Å². The number of hydrogen-bond acceptors (Lipinski definition) is 4. The summed E-state index contributed by atoms with van der Waals surface area (Å²) in [6, 6.07) is 15.7. The van der Waals surface area contributed by atoms with E-state index in [0.717, 1.165) is 31.2 Å². The van der Waals surface area contributed by atoms with E-state index in [-0.39, 0.29) is 31.1 Å². The fraction of sp³-hybridized carbons (Fsp3) is 0.375. The third-order valence-corrected chi connectivity index (χ3v) is 5.17. The second-order valence-corrected chi connectivity index (χ2v) is 7.36. The summed E-state index contributed by atoms with van der Waals surface area (Å²) in [7, 11) is 0. The van der Waals surface area contributed by atoms with Gasteiger partial charge in [0.05, 0.1) is 6.42 Å². The van der Waals surface area contributed by atoms with Gasteiger partial charge in [0, 0.05) is 18.5 Å². The van der Waals surface area contributed by atoms with Gasteiger partial charge in [0.1, 0.15) is 0 Å². The maximum Gasteiger partial charge on any atom is 0.306 e. The Bertz CT molecular complexity index is 860. The highest BCUT2D eigenvalue weighted by molar-refractivity contribution is 5.97. The molecule has 0 heterocycles. The van der Waals surface area contributed by atoms with Gasteiger partial charge in [0.2, 0.25) is 0 Å². The first-order valence-corrected chi connectivity index (χ1v) is 10.2. The summed E-state index contributed by atoms with van der Waals surface area (Å²) < 4.78 is 4.98. The Kier molecular flexibility index (Phi) is 7.56. The second kappa shape index (κ2) is 10.6. The van der Waals surface area contributed by atoms with E-state index in [1.807, 2.05) is 48.5 Å². The summed E-state index contributed by atoms with van der Waals surface area (Å²) in [4.78, 5) is 36.0. The van der Waals surface area contributed by atoms with Crippen LogP contribution < -0.4 is 5.32 Å². The van der Waals surface area contributed by atoms with Crippen LogP contribution in [0.15, 0.2) is 48.5 Å². The maximum absolute atomic E-state index is 12.4. The fourth-order valence-corrected chi connectivity index (χ4v) is 3.53. The van der Waals surface area contributed by atoms with Crippen LogP contribution in [0.5, 0.6) is 0 Å². The molecule has 3 rings (SSSR count). The van der Waals surface area contributed by atoms with Crippen LogP contribution in [0.1, 0.15) is 52.7 Å². The molecule has 0 saturated heterocycles. The molecule has 0 saturated carbocycles. The standard InChI is InChI=1S/C24H27NO4/c26-22(21-11-10-19-8-4-5-9-20(19)16-21)12-13-24(28)29-17-23(27)25-15-14-18-6-2-1-3-7-18/h1-3,6-7,10-11,16H,4-5,8-9,12-15,17H2,(H,25,27). The predicted molar refractivity (Wildman–Crippen MR) is 111 cm³/mol. The fourth-order valence-electron chi connectivity index (χ4n) is 3.53. The van der Waals surface area contributed by atoms with Crippen LogP contribution in [0.3, 0.4) is 0 Å². The Labute approximate surface area is 171 Å². The number of hydrogen-bond donors (Lipinski definition) is 1. The maximum atomic E-state index is 12.4. The summed E-state index contributed by atoms with van der Waals surface area (Å²) in [5.41, 5.74) is 4.35. The topological polar surface area (TPSA) is 72.5 Å². The lowest BCUT2D eigenvalue weighted by atomic mass is 9.89. The lowest BCUT2D eigenvalue weighted by molar-refractivity contribution is -0.148. The van der Waals surface area contributed by atoms with Gasteiger partial charge in [-0.2, -0.15) is 0 Å². The van der Waals surface area contributed by atoms with E-state index in [2.05, 4.69) is 5.32 Å². The molecule has 0 aliphatic heterocycles. The summed E-state index contributed by atoms with van der Waals surface area (Å²) in [5, 5.41) is 2.72. The normalized spacial score (nSPS) is 12.7. The number of Topliss-reactive ketones (excluding diaryl/α,β-unsaturated/α-hetero) is 1. The third-order valence-electron chi connectivity index (χ3n) is 5.17. The molecule has 0 aromatic heterocycles. The Morgan fingerprint density at radius 1 is 0.897 bits per heavy atom. The number of ether oxygens (including phenoxy) is 1. The lowest BCUT2D eigenvalue weighted by Gasteiger charge is -2.16. The molecule has 152 valence electrons. The first-order chi connectivity index (χ1) is 14.1. The molecule has 1 aliphatic carbocycles. The number of esters is 1. The molecule has 5 nitrogen and oxygen atoms in total. The average molecular weight is 393 g/mol. The molecule has 1 aliphatic rings. The Morgan fingerprint density at radius 3 is 2.45 bits per heavy atom. The molecule has 2 aromatic rings. The highest BCUT2D eigenvalue weighted by Gasteiger charge is 2.15. The zero-order chi connectivity index (χ0) is 20.5. The number of nitrogens with one attached hydrogen (secondary N) is 1. The largest absolute Gasteiger partial charge is 0.456 e. The Balaban J connectivity index is 1.34. The molecule has 0 radical (unpaired) electrons. The van der Waals surface area contributed by atoms with Crippen molar-refractivity contribution in [1.29, 1.82) is 0 Å². The van der Waals surface area contributed by atoms with E-state index >= 15 is 0 Å². The van der Waals surface area contributed by atoms with Crippen LogP contribution in [-0.4, -0.2) is 30.8 Å². The molecule has 0 fully saturated rings. The first kappa shape index (κ1) is 20.8. The SMILES string of the molecule is O=C(COC(=O)CCC(=O)c1ccc2c(c1)CCCC2)NCCc1ccccc1. The smallest absolute Gasteiger partial charge is 0.306 e. The van der Waals surface area contributed by atoms with Crippen LogP contribution in [-0.2, 0) is 33.6 Å². The monoisotopic (exact) mass is 393 g/mol. The highest BCUT2D eigenvalue weighted by Crippen LogP contribution is 2.23. The molecule has 0 atom stereocenters. The summed E-state index contributed by atoms with van der Waals surface area (Å²) in [6.45, 7) is 0.165. The molecule has 1 amide bonds. The van der Waals surface area contributed by atoms with Crippen molar-refractivity contribution in [1.82, 2.24) is 5.32 Å². The quantitative estimate of drug-likeness (QED) is 0.523. The lowest BCUT2D eigenvalue weighted by Crippen LogP contribution is -2.30. The van der Waals surface area contributed by atoms with E-state index in [9.17, 15) is 14.4 Å². The minimum absolute atomic E-state index is 0.0206. The second-order valence-electron chi connectivity index (χ2n) is 7.36. The summed E-state index contributed by atoms with van der Waals surface area (Å²) in [5.74, 6) is -0.938. The number of ketones is 1. The van der Waals surface area contributed by atoms with Crippen LogP contribution in [0.4, 0.5) is 0 Å². The van der Waals surface area contributed by atoms with Crippen molar-refractivity contribution < 1.29 is 19.1 Å². The third kappa shape index (κ3) is 6.56. The van der Waals surface area contributed by atoms with Gasteiger partial charge in [-0.05, 0) is 54.9 Å². The van der Waals surface area contributed by atoms with Gasteiger partial charge in [-0.25, -0.2) is 0 Å². The van der Waals surface area contributed by atoms with Gasteiger partial charge in [0.15, 0.2) is 12.4 Å². The summed E-state index contributed by atoms with van der Waals surface area (Å²) in [6.07, 6.45) is 5.23. The molecule has 29 heavy (non-hydrogen) atoms. The number of fused-ring (bicyclic) bond motifs is 1. The Hall–Kier alpha value is -2.95. The van der Waals surface area contributed by atoms with E-state index in [1.54, 1.807) is 0 Å². The van der Waals surface area contributed by atoms with Crippen molar-refractivity contribution in [3.8, 4) is 0 Å². The molecule has 0 bridgehead atoms. The molecule has 0 unspecified atom stereocenters. The van der Waals surface area contributed by atoms with Crippen LogP contribution in [0, 0.1) is 0 Å². The Morgan fingerprint density at radius 2 is 1.66 bits per heavy atom. The average Bonchev–Trinajstić information content (AvgIpc) is 2.76. The number of carbonyl (C=O) groups is 3. The first-order valence-electron chi connectivity index (χ1n) is 10.2. The molecule has 2 aromatic carbocycles. The van der Waals surface area contributed by atoms with Crippen molar-refractivity contribution in [3.63, 3.8) is 0 Å². The van der Waals surface area contributed by atoms with Gasteiger partial charge < -0.3 is 10.1 Å². The summed E-state index contributed by atoms with van der Waals surface area (Å²) >= 11 is 0.